The summed E-state index contributed by atoms with van der Waals surface area (Å²) in [6.45, 7) is 1.95. The Morgan fingerprint density at radius 2 is 2.35 bits per heavy atom. The molecule has 1 aliphatic heterocycles. The number of nitrogens with one attached hydrogen (secondary N) is 1. The van der Waals surface area contributed by atoms with Gasteiger partial charge in [0.15, 0.2) is 0 Å². The molecule has 2 N–H and O–H groups in total. The molecule has 1 aromatic carbocycles. The van der Waals surface area contributed by atoms with E-state index in [1.165, 1.54) is 12.1 Å². The van der Waals surface area contributed by atoms with Gasteiger partial charge in [-0.1, -0.05) is 17.7 Å². The van der Waals surface area contributed by atoms with Gasteiger partial charge in [-0.25, -0.2) is 4.39 Å². The summed E-state index contributed by atoms with van der Waals surface area (Å²) in [5, 5.41) is 12.6. The lowest BCUT2D eigenvalue weighted by Crippen LogP contribution is -2.27. The zero-order valence-electron chi connectivity index (χ0n) is 9.33. The van der Waals surface area contributed by atoms with E-state index in [1.807, 2.05) is 0 Å². The summed E-state index contributed by atoms with van der Waals surface area (Å²) < 4.78 is 19.1. The quantitative estimate of drug-likeness (QED) is 0.850. The molecule has 5 heteroatoms. The van der Waals surface area contributed by atoms with Crippen LogP contribution in [0, 0.1) is 11.7 Å². The molecule has 1 heterocycles. The highest BCUT2D eigenvalue weighted by Crippen LogP contribution is 2.29. The maximum absolute atomic E-state index is 13.4. The molecule has 0 radical (unpaired) electrons. The van der Waals surface area contributed by atoms with Crippen LogP contribution in [0.25, 0.3) is 0 Å². The average Bonchev–Trinajstić information content (AvgIpc) is 2.57. The molecule has 0 bridgehead atoms. The van der Waals surface area contributed by atoms with Gasteiger partial charge < -0.3 is 15.2 Å². The van der Waals surface area contributed by atoms with Crippen molar-refractivity contribution in [2.75, 3.05) is 26.3 Å². The van der Waals surface area contributed by atoms with Crippen LogP contribution in [0.1, 0.15) is 11.7 Å². The van der Waals surface area contributed by atoms with Gasteiger partial charge >= 0.3 is 0 Å². The molecule has 17 heavy (non-hydrogen) atoms. The number of aliphatic hydroxyl groups excluding tert-OH is 1. The molecule has 0 unspecified atom stereocenters. The molecule has 0 saturated carbocycles. The van der Waals surface area contributed by atoms with E-state index in [4.69, 9.17) is 16.3 Å². The Kier molecular flexibility index (Phi) is 4.34. The molecule has 3 nitrogen and oxygen atoms in total. The maximum atomic E-state index is 13.4. The van der Waals surface area contributed by atoms with Crippen LogP contribution in [0.4, 0.5) is 4.39 Å². The fourth-order valence-electron chi connectivity index (χ4n) is 2.01. The lowest BCUT2D eigenvalue weighted by atomic mass is 9.96. The molecule has 1 saturated heterocycles. The third-order valence-corrected chi connectivity index (χ3v) is 3.22. The molecule has 0 aliphatic carbocycles. The number of hydrogen-bond acceptors (Lipinski definition) is 3. The van der Waals surface area contributed by atoms with Crippen molar-refractivity contribution in [3.05, 3.63) is 34.6 Å². The van der Waals surface area contributed by atoms with Crippen LogP contribution in [0.5, 0.6) is 0 Å². The molecular formula is C12H15ClFNO2. The van der Waals surface area contributed by atoms with Crippen molar-refractivity contribution in [1.29, 1.82) is 0 Å². The molecule has 1 aliphatic rings. The number of hydrogen-bond donors (Lipinski definition) is 2. The van der Waals surface area contributed by atoms with Crippen molar-refractivity contribution in [1.82, 2.24) is 5.32 Å². The zero-order chi connectivity index (χ0) is 12.3. The van der Waals surface area contributed by atoms with Crippen molar-refractivity contribution < 1.29 is 14.2 Å². The summed E-state index contributed by atoms with van der Waals surface area (Å²) in [6, 6.07) is 4.63. The van der Waals surface area contributed by atoms with Crippen LogP contribution < -0.4 is 5.32 Å². The van der Waals surface area contributed by atoms with Crippen molar-refractivity contribution >= 4 is 11.6 Å². The van der Waals surface area contributed by atoms with Crippen LogP contribution in [-0.2, 0) is 4.74 Å². The fourth-order valence-corrected chi connectivity index (χ4v) is 2.12. The van der Waals surface area contributed by atoms with Gasteiger partial charge in [0, 0.05) is 25.6 Å². The van der Waals surface area contributed by atoms with Gasteiger partial charge in [-0.3, -0.25) is 0 Å². The Morgan fingerprint density at radius 1 is 1.53 bits per heavy atom. The van der Waals surface area contributed by atoms with Crippen molar-refractivity contribution in [3.8, 4) is 0 Å². The Morgan fingerprint density at radius 3 is 3.06 bits per heavy atom. The van der Waals surface area contributed by atoms with Gasteiger partial charge in [-0.05, 0) is 17.7 Å². The largest absolute Gasteiger partial charge is 0.396 e. The lowest BCUT2D eigenvalue weighted by Gasteiger charge is -2.23. The topological polar surface area (TPSA) is 41.5 Å². The first-order valence-corrected chi connectivity index (χ1v) is 5.98. The van der Waals surface area contributed by atoms with E-state index in [-0.39, 0.29) is 23.7 Å². The van der Waals surface area contributed by atoms with Gasteiger partial charge in [0.05, 0.1) is 17.7 Å². The van der Waals surface area contributed by atoms with E-state index in [0.717, 1.165) is 12.1 Å². The summed E-state index contributed by atoms with van der Waals surface area (Å²) in [7, 11) is 0. The molecular weight excluding hydrogens is 245 g/mol. The Balaban J connectivity index is 2.25. The van der Waals surface area contributed by atoms with Gasteiger partial charge in [0.25, 0.3) is 0 Å². The lowest BCUT2D eigenvalue weighted by molar-refractivity contribution is 0.0113. The van der Waals surface area contributed by atoms with E-state index in [0.29, 0.717) is 13.2 Å². The highest BCUT2D eigenvalue weighted by Gasteiger charge is 2.26. The predicted octanol–water partition coefficient (Wildman–Crippen LogP) is 1.75. The average molecular weight is 260 g/mol. The van der Waals surface area contributed by atoms with Crippen molar-refractivity contribution in [2.45, 2.75) is 6.10 Å². The highest BCUT2D eigenvalue weighted by atomic mass is 35.5. The molecule has 0 amide bonds. The van der Waals surface area contributed by atoms with E-state index >= 15 is 0 Å². The van der Waals surface area contributed by atoms with Gasteiger partial charge in [0.1, 0.15) is 5.82 Å². The second-order valence-corrected chi connectivity index (χ2v) is 4.52. The molecule has 94 valence electrons. The van der Waals surface area contributed by atoms with Crippen molar-refractivity contribution in [2.24, 2.45) is 5.92 Å². The highest BCUT2D eigenvalue weighted by molar-refractivity contribution is 6.30. The third kappa shape index (κ3) is 2.96. The van der Waals surface area contributed by atoms with Crippen LogP contribution >= 0.6 is 11.6 Å². The van der Waals surface area contributed by atoms with Crippen LogP contribution in [0.15, 0.2) is 18.2 Å². The first-order valence-electron chi connectivity index (χ1n) is 5.60. The molecule has 0 aromatic heterocycles. The monoisotopic (exact) mass is 259 g/mol. The zero-order valence-corrected chi connectivity index (χ0v) is 10.1. The molecule has 1 fully saturated rings. The molecule has 1 aromatic rings. The van der Waals surface area contributed by atoms with Crippen molar-refractivity contribution in [3.63, 3.8) is 0 Å². The van der Waals surface area contributed by atoms with E-state index in [1.54, 1.807) is 6.07 Å². The maximum Gasteiger partial charge on any atom is 0.142 e. The SMILES string of the molecule is OC[C@H]1CNCCO[C@H]1c1ccc(Cl)c(F)c1. The second kappa shape index (κ2) is 5.78. The predicted molar refractivity (Wildman–Crippen MR) is 63.5 cm³/mol. The summed E-state index contributed by atoms with van der Waals surface area (Å²) in [5.41, 5.74) is 0.717. The number of halogens is 2. The second-order valence-electron chi connectivity index (χ2n) is 4.11. The first kappa shape index (κ1) is 12.8. The smallest absolute Gasteiger partial charge is 0.142 e. The molecule has 2 atom stereocenters. The fraction of sp³-hybridized carbons (Fsp3) is 0.500. The number of ether oxygens (including phenoxy) is 1. The van der Waals surface area contributed by atoms with Gasteiger partial charge in [-0.2, -0.15) is 0 Å². The standard InChI is InChI=1S/C12H15ClFNO2/c13-10-2-1-8(5-11(10)14)12-9(7-16)6-15-3-4-17-12/h1-2,5,9,12,15-16H,3-4,6-7H2/t9-,12+/m1/s1. The summed E-state index contributed by atoms with van der Waals surface area (Å²) in [5.74, 6) is -0.528. The van der Waals surface area contributed by atoms with Gasteiger partial charge in [-0.15, -0.1) is 0 Å². The van der Waals surface area contributed by atoms with E-state index in [2.05, 4.69) is 5.32 Å². The van der Waals surface area contributed by atoms with E-state index < -0.39 is 5.82 Å². The third-order valence-electron chi connectivity index (χ3n) is 2.92. The minimum Gasteiger partial charge on any atom is -0.396 e. The first-order chi connectivity index (χ1) is 8.22. The van der Waals surface area contributed by atoms with Crippen LogP contribution in [-0.4, -0.2) is 31.4 Å². The number of rotatable bonds is 2. The molecule has 0 spiro atoms. The van der Waals surface area contributed by atoms with Crippen LogP contribution in [0.2, 0.25) is 5.02 Å². The Labute approximate surface area is 105 Å². The normalized spacial score (nSPS) is 25.6. The minimum atomic E-state index is -0.457. The summed E-state index contributed by atoms with van der Waals surface area (Å²) in [6.07, 6.45) is -0.290. The Hall–Kier alpha value is -0.680. The van der Waals surface area contributed by atoms with Gasteiger partial charge in [0.2, 0.25) is 0 Å². The minimum absolute atomic E-state index is 0.00190. The molecule has 2 rings (SSSR count). The van der Waals surface area contributed by atoms with E-state index in [9.17, 15) is 9.50 Å². The Bertz CT molecular complexity index is 389. The number of aliphatic hydroxyl groups is 1. The number of benzene rings is 1. The van der Waals surface area contributed by atoms with Crippen LogP contribution in [0.3, 0.4) is 0 Å². The summed E-state index contributed by atoms with van der Waals surface area (Å²) >= 11 is 5.64. The summed E-state index contributed by atoms with van der Waals surface area (Å²) in [4.78, 5) is 0.